The summed E-state index contributed by atoms with van der Waals surface area (Å²) in [5, 5.41) is 8.76. The number of hydrogen-bond acceptors (Lipinski definition) is 3. The van der Waals surface area contributed by atoms with Crippen LogP contribution < -0.4 is 5.73 Å². The zero-order valence-electron chi connectivity index (χ0n) is 7.59. The van der Waals surface area contributed by atoms with E-state index in [0.29, 0.717) is 11.1 Å². The van der Waals surface area contributed by atoms with Gasteiger partial charge in [0.15, 0.2) is 5.78 Å². The molecule has 13 heavy (non-hydrogen) atoms. The Labute approximate surface area is 76.8 Å². The summed E-state index contributed by atoms with van der Waals surface area (Å²) in [7, 11) is 0. The number of anilines is 1. The summed E-state index contributed by atoms with van der Waals surface area (Å²) >= 11 is 0. The van der Waals surface area contributed by atoms with Crippen LogP contribution in [-0.4, -0.2) is 5.78 Å². The van der Waals surface area contributed by atoms with Crippen LogP contribution in [0.5, 0.6) is 0 Å². The molecule has 0 aromatic heterocycles. The Morgan fingerprint density at radius 3 is 2.62 bits per heavy atom. The molecule has 0 fully saturated rings. The van der Waals surface area contributed by atoms with Crippen molar-refractivity contribution in [3.05, 3.63) is 28.8 Å². The van der Waals surface area contributed by atoms with Crippen molar-refractivity contribution in [3.8, 4) is 6.07 Å². The number of nitrogens with two attached hydrogens (primary N) is 1. The van der Waals surface area contributed by atoms with E-state index in [1.54, 1.807) is 19.1 Å². The molecule has 1 aromatic carbocycles. The van der Waals surface area contributed by atoms with E-state index in [1.165, 1.54) is 6.92 Å². The Balaban J connectivity index is 3.47. The standard InChI is InChI=1S/C10H10N2O/c1-6-3-4-8(7(2)13)10(12)9(6)5-11/h3-4H,12H2,1-2H3. The maximum Gasteiger partial charge on any atom is 0.161 e. The second kappa shape index (κ2) is 3.28. The molecule has 0 saturated carbocycles. The van der Waals surface area contributed by atoms with Gasteiger partial charge in [-0.3, -0.25) is 4.79 Å². The number of carbonyl (C=O) groups is 1. The third-order valence-corrected chi connectivity index (χ3v) is 1.94. The number of aryl methyl sites for hydroxylation is 1. The van der Waals surface area contributed by atoms with E-state index in [9.17, 15) is 4.79 Å². The summed E-state index contributed by atoms with van der Waals surface area (Å²) in [4.78, 5) is 11.1. The topological polar surface area (TPSA) is 66.9 Å². The third kappa shape index (κ3) is 1.52. The molecule has 0 bridgehead atoms. The lowest BCUT2D eigenvalue weighted by Gasteiger charge is -2.05. The number of Topliss-reactive ketones (excluding diaryl/α,β-unsaturated/α-hetero) is 1. The molecule has 66 valence electrons. The van der Waals surface area contributed by atoms with Gasteiger partial charge in [0.05, 0.1) is 11.3 Å². The van der Waals surface area contributed by atoms with Gasteiger partial charge in [-0.15, -0.1) is 0 Å². The van der Waals surface area contributed by atoms with Crippen LogP contribution in [-0.2, 0) is 0 Å². The lowest BCUT2D eigenvalue weighted by atomic mass is 10.0. The van der Waals surface area contributed by atoms with Crippen molar-refractivity contribution in [2.45, 2.75) is 13.8 Å². The first-order chi connectivity index (χ1) is 6.07. The van der Waals surface area contributed by atoms with Gasteiger partial charge < -0.3 is 5.73 Å². The fraction of sp³-hybridized carbons (Fsp3) is 0.200. The molecule has 1 rings (SSSR count). The summed E-state index contributed by atoms with van der Waals surface area (Å²) in [5.41, 5.74) is 7.55. The van der Waals surface area contributed by atoms with E-state index in [4.69, 9.17) is 11.0 Å². The molecule has 0 spiro atoms. The average Bonchev–Trinajstić information content (AvgIpc) is 2.04. The van der Waals surface area contributed by atoms with E-state index < -0.39 is 0 Å². The molecule has 0 radical (unpaired) electrons. The SMILES string of the molecule is CC(=O)c1ccc(C)c(C#N)c1N. The van der Waals surface area contributed by atoms with Gasteiger partial charge in [-0.1, -0.05) is 6.07 Å². The molecule has 3 heteroatoms. The molecule has 0 aliphatic rings. The minimum absolute atomic E-state index is 0.117. The summed E-state index contributed by atoms with van der Waals surface area (Å²) in [6.45, 7) is 3.22. The summed E-state index contributed by atoms with van der Waals surface area (Å²) in [5.74, 6) is -0.117. The monoisotopic (exact) mass is 174 g/mol. The number of ketones is 1. The van der Waals surface area contributed by atoms with E-state index in [1.807, 2.05) is 6.07 Å². The van der Waals surface area contributed by atoms with Gasteiger partial charge in [0.2, 0.25) is 0 Å². The quantitative estimate of drug-likeness (QED) is 0.520. The highest BCUT2D eigenvalue weighted by Gasteiger charge is 2.10. The second-order valence-electron chi connectivity index (χ2n) is 2.89. The van der Waals surface area contributed by atoms with Crippen molar-refractivity contribution in [2.24, 2.45) is 0 Å². The summed E-state index contributed by atoms with van der Waals surface area (Å²) in [6, 6.07) is 5.36. The first-order valence-corrected chi connectivity index (χ1v) is 3.88. The van der Waals surface area contributed by atoms with Crippen molar-refractivity contribution < 1.29 is 4.79 Å². The van der Waals surface area contributed by atoms with Crippen LogP contribution in [0.4, 0.5) is 5.69 Å². The van der Waals surface area contributed by atoms with E-state index >= 15 is 0 Å². The van der Waals surface area contributed by atoms with Gasteiger partial charge in [0.1, 0.15) is 6.07 Å². The van der Waals surface area contributed by atoms with Gasteiger partial charge >= 0.3 is 0 Å². The highest BCUT2D eigenvalue weighted by molar-refractivity contribution is 6.00. The zero-order valence-corrected chi connectivity index (χ0v) is 7.59. The molecule has 0 amide bonds. The Morgan fingerprint density at radius 1 is 1.54 bits per heavy atom. The number of nitrogen functional groups attached to an aromatic ring is 1. The maximum absolute atomic E-state index is 11.1. The predicted molar refractivity (Wildman–Crippen MR) is 50.3 cm³/mol. The molecule has 0 aliphatic carbocycles. The second-order valence-corrected chi connectivity index (χ2v) is 2.89. The number of rotatable bonds is 1. The number of carbonyl (C=O) groups excluding carboxylic acids is 1. The van der Waals surface area contributed by atoms with Crippen molar-refractivity contribution in [2.75, 3.05) is 5.73 Å². The molecule has 1 aromatic rings. The zero-order chi connectivity index (χ0) is 10.0. The molecule has 0 saturated heterocycles. The fourth-order valence-electron chi connectivity index (χ4n) is 1.18. The van der Waals surface area contributed by atoms with Crippen LogP contribution in [0.1, 0.15) is 28.4 Å². The first-order valence-electron chi connectivity index (χ1n) is 3.88. The summed E-state index contributed by atoms with van der Waals surface area (Å²) < 4.78 is 0. The normalized spacial score (nSPS) is 9.31. The van der Waals surface area contributed by atoms with Gasteiger partial charge in [-0.2, -0.15) is 5.26 Å². The van der Waals surface area contributed by atoms with Crippen molar-refractivity contribution in [1.29, 1.82) is 5.26 Å². The van der Waals surface area contributed by atoms with Gasteiger partial charge in [0, 0.05) is 5.56 Å². The first kappa shape index (κ1) is 9.27. The molecule has 0 unspecified atom stereocenters. The van der Waals surface area contributed by atoms with Crippen LogP contribution in [0.2, 0.25) is 0 Å². The van der Waals surface area contributed by atoms with Crippen LogP contribution in [0.3, 0.4) is 0 Å². The Bertz CT molecular complexity index is 402. The Hall–Kier alpha value is -1.82. The Kier molecular flexibility index (Phi) is 2.34. The van der Waals surface area contributed by atoms with Crippen LogP contribution >= 0.6 is 0 Å². The number of nitriles is 1. The highest BCUT2D eigenvalue weighted by atomic mass is 16.1. The molecule has 0 heterocycles. The van der Waals surface area contributed by atoms with E-state index in [-0.39, 0.29) is 11.5 Å². The molecule has 0 aliphatic heterocycles. The van der Waals surface area contributed by atoms with E-state index in [0.717, 1.165) is 5.56 Å². The summed E-state index contributed by atoms with van der Waals surface area (Å²) in [6.07, 6.45) is 0. The Morgan fingerprint density at radius 2 is 2.15 bits per heavy atom. The third-order valence-electron chi connectivity index (χ3n) is 1.94. The largest absolute Gasteiger partial charge is 0.397 e. The lowest BCUT2D eigenvalue weighted by molar-refractivity contribution is 0.101. The highest BCUT2D eigenvalue weighted by Crippen LogP contribution is 2.20. The molecular formula is C10H10N2O. The lowest BCUT2D eigenvalue weighted by Crippen LogP contribution is -2.03. The predicted octanol–water partition coefficient (Wildman–Crippen LogP) is 1.65. The number of benzene rings is 1. The molecule has 3 nitrogen and oxygen atoms in total. The average molecular weight is 174 g/mol. The van der Waals surface area contributed by atoms with Crippen LogP contribution in [0.15, 0.2) is 12.1 Å². The van der Waals surface area contributed by atoms with E-state index in [2.05, 4.69) is 0 Å². The van der Waals surface area contributed by atoms with Crippen molar-refractivity contribution in [1.82, 2.24) is 0 Å². The maximum atomic E-state index is 11.1. The van der Waals surface area contributed by atoms with Gasteiger partial charge in [0.25, 0.3) is 0 Å². The van der Waals surface area contributed by atoms with Crippen LogP contribution in [0, 0.1) is 18.3 Å². The van der Waals surface area contributed by atoms with Gasteiger partial charge in [-0.05, 0) is 25.5 Å². The molecule has 0 atom stereocenters. The van der Waals surface area contributed by atoms with Crippen molar-refractivity contribution in [3.63, 3.8) is 0 Å². The van der Waals surface area contributed by atoms with Crippen molar-refractivity contribution >= 4 is 11.5 Å². The smallest absolute Gasteiger partial charge is 0.161 e. The minimum Gasteiger partial charge on any atom is -0.397 e. The molecular weight excluding hydrogens is 164 g/mol. The number of hydrogen-bond donors (Lipinski definition) is 1. The van der Waals surface area contributed by atoms with Gasteiger partial charge in [-0.25, -0.2) is 0 Å². The molecule has 2 N–H and O–H groups in total. The number of nitrogens with zero attached hydrogens (tertiary/aromatic N) is 1. The minimum atomic E-state index is -0.117. The van der Waals surface area contributed by atoms with Crippen LogP contribution in [0.25, 0.3) is 0 Å². The fourth-order valence-corrected chi connectivity index (χ4v) is 1.18.